The van der Waals surface area contributed by atoms with E-state index in [9.17, 15) is 39.0 Å². The van der Waals surface area contributed by atoms with Crippen LogP contribution in [0, 0.1) is 0 Å². The largest absolute Gasteiger partial charge is 0.481 e. The van der Waals surface area contributed by atoms with Gasteiger partial charge in [0, 0.05) is 36.9 Å². The van der Waals surface area contributed by atoms with Crippen LogP contribution >= 0.6 is 15.9 Å². The first-order valence-electron chi connectivity index (χ1n) is 14.8. The normalized spacial score (nSPS) is 12.4. The Morgan fingerprint density at radius 1 is 0.822 bits per heavy atom. The molecule has 0 saturated carbocycles. The molecule has 0 heterocycles. The third kappa shape index (κ3) is 18.5. The van der Waals surface area contributed by atoms with E-state index in [0.717, 1.165) is 16.5 Å². The molecule has 2 atom stereocenters. The van der Waals surface area contributed by atoms with E-state index in [1.54, 1.807) is 25.7 Å². The topological polar surface area (TPSA) is 212 Å². The van der Waals surface area contributed by atoms with Gasteiger partial charge in [0.05, 0.1) is 0 Å². The number of amides is 4. The molecule has 1 rings (SSSR count). The molecule has 0 aliphatic rings. The minimum Gasteiger partial charge on any atom is -0.481 e. The minimum atomic E-state index is -1.49. The number of aliphatic carboxylic acids is 3. The third-order valence-corrected chi connectivity index (χ3v) is 6.93. The second kappa shape index (κ2) is 20.2. The molecule has 0 saturated heterocycles. The molecule has 0 bridgehead atoms. The lowest BCUT2D eigenvalue weighted by molar-refractivity contribution is -0.141. The van der Waals surface area contributed by atoms with Crippen molar-refractivity contribution in [2.24, 2.45) is 0 Å². The molecular weight excluding hydrogens is 656 g/mol. The Hall–Kier alpha value is -3.88. The van der Waals surface area contributed by atoms with Crippen molar-refractivity contribution in [1.82, 2.24) is 20.9 Å². The molecule has 2 unspecified atom stereocenters. The van der Waals surface area contributed by atoms with E-state index in [1.807, 2.05) is 24.3 Å². The lowest BCUT2D eigenvalue weighted by Gasteiger charge is -2.24. The summed E-state index contributed by atoms with van der Waals surface area (Å²) in [4.78, 5) is 72.6. The van der Waals surface area contributed by atoms with E-state index in [4.69, 9.17) is 9.84 Å². The van der Waals surface area contributed by atoms with Crippen molar-refractivity contribution in [2.45, 2.75) is 103 Å². The molecular formula is C30H45BrN4O10. The number of urea groups is 1. The van der Waals surface area contributed by atoms with Crippen LogP contribution in [-0.2, 0) is 30.5 Å². The zero-order valence-corrected chi connectivity index (χ0v) is 27.6. The Morgan fingerprint density at radius 3 is 1.98 bits per heavy atom. The molecule has 15 heteroatoms. The van der Waals surface area contributed by atoms with Gasteiger partial charge in [0.2, 0.25) is 5.91 Å². The van der Waals surface area contributed by atoms with Gasteiger partial charge < -0.3 is 40.9 Å². The average Bonchev–Trinajstić information content (AvgIpc) is 2.93. The second-order valence-electron chi connectivity index (χ2n) is 11.5. The highest BCUT2D eigenvalue weighted by molar-refractivity contribution is 9.10. The smallest absolute Gasteiger partial charge is 0.407 e. The number of carboxylic acid groups (broad SMARTS) is 3. The monoisotopic (exact) mass is 700 g/mol. The molecule has 45 heavy (non-hydrogen) atoms. The number of hydrogen-bond donors (Lipinski definition) is 6. The number of alkyl carbamates (subject to hydrolysis) is 1. The molecule has 252 valence electrons. The van der Waals surface area contributed by atoms with Crippen molar-refractivity contribution < 1.29 is 48.8 Å². The van der Waals surface area contributed by atoms with Crippen LogP contribution in [0.15, 0.2) is 28.7 Å². The van der Waals surface area contributed by atoms with Gasteiger partial charge in [0.1, 0.15) is 17.7 Å². The molecule has 0 fully saturated rings. The van der Waals surface area contributed by atoms with Crippen LogP contribution in [0.3, 0.4) is 0 Å². The summed E-state index contributed by atoms with van der Waals surface area (Å²) in [5.74, 6) is -4.05. The fraction of sp³-hybridized carbons (Fsp3) is 0.600. The highest BCUT2D eigenvalue weighted by Crippen LogP contribution is 2.15. The molecule has 14 nitrogen and oxygen atoms in total. The summed E-state index contributed by atoms with van der Waals surface area (Å²) in [5, 5.41) is 34.5. The summed E-state index contributed by atoms with van der Waals surface area (Å²) in [6.07, 6.45) is 1.82. The summed E-state index contributed by atoms with van der Waals surface area (Å²) < 4.78 is 6.10. The molecule has 0 spiro atoms. The Morgan fingerprint density at radius 2 is 1.42 bits per heavy atom. The number of nitrogens with one attached hydrogen (secondary N) is 3. The maximum Gasteiger partial charge on any atom is 0.407 e. The molecule has 1 aromatic carbocycles. The Balaban J connectivity index is 2.63. The average molecular weight is 702 g/mol. The molecule has 0 radical (unpaired) electrons. The number of carbonyl (C=O) groups is 6. The van der Waals surface area contributed by atoms with Crippen molar-refractivity contribution in [3.05, 3.63) is 34.3 Å². The summed E-state index contributed by atoms with van der Waals surface area (Å²) >= 11 is 3.40. The van der Waals surface area contributed by atoms with Crippen LogP contribution in [-0.4, -0.2) is 86.9 Å². The SMILES string of the molecule is CC(C)(C)OC(=O)NCCCCCC(=O)N(CCCCC(NC(=O)NC(CCC(=O)O)C(=O)O)C(=O)O)Cc1ccc(Br)cc1. The predicted octanol–water partition coefficient (Wildman–Crippen LogP) is 4.10. The van der Waals surface area contributed by atoms with Crippen molar-refractivity contribution in [3.63, 3.8) is 0 Å². The quantitative estimate of drug-likeness (QED) is 0.107. The van der Waals surface area contributed by atoms with Crippen LogP contribution in [0.25, 0.3) is 0 Å². The molecule has 0 aliphatic heterocycles. The van der Waals surface area contributed by atoms with E-state index in [2.05, 4.69) is 31.9 Å². The molecule has 4 amide bonds. The first-order chi connectivity index (χ1) is 21.1. The zero-order chi connectivity index (χ0) is 34.0. The number of ether oxygens (including phenoxy) is 1. The standard InChI is InChI=1S/C30H45BrN4O10/c1-30(2,3)45-29(44)32-17-7-4-5-10-24(36)35(19-20-11-13-21(31)14-12-20)18-8-6-9-22(26(39)40)33-28(43)34-23(27(41)42)15-16-25(37)38/h11-14,22-23H,4-10,15-19H2,1-3H3,(H,32,44)(H,37,38)(H,39,40)(H,41,42)(H2,33,34,43). The number of unbranched alkanes of at least 4 members (excludes halogenated alkanes) is 3. The van der Waals surface area contributed by atoms with Crippen molar-refractivity contribution >= 4 is 51.9 Å². The van der Waals surface area contributed by atoms with Crippen LogP contribution in [0.5, 0.6) is 0 Å². The first-order valence-corrected chi connectivity index (χ1v) is 15.6. The van der Waals surface area contributed by atoms with E-state index in [1.165, 1.54) is 0 Å². The lowest BCUT2D eigenvalue weighted by Crippen LogP contribution is -2.51. The van der Waals surface area contributed by atoms with E-state index >= 15 is 0 Å². The van der Waals surface area contributed by atoms with Gasteiger partial charge in [0.25, 0.3) is 0 Å². The second-order valence-corrected chi connectivity index (χ2v) is 12.4. The number of halogens is 1. The molecule has 0 aliphatic carbocycles. The van der Waals surface area contributed by atoms with Crippen LogP contribution in [0.1, 0.15) is 84.1 Å². The number of rotatable bonds is 20. The Bertz CT molecular complexity index is 1140. The number of nitrogens with zero attached hydrogens (tertiary/aromatic N) is 1. The van der Waals surface area contributed by atoms with E-state index < -0.39 is 54.1 Å². The lowest BCUT2D eigenvalue weighted by atomic mass is 10.1. The van der Waals surface area contributed by atoms with Gasteiger partial charge in [-0.1, -0.05) is 34.5 Å². The van der Waals surface area contributed by atoms with Gasteiger partial charge in [0.15, 0.2) is 0 Å². The van der Waals surface area contributed by atoms with Crippen LogP contribution in [0.4, 0.5) is 9.59 Å². The zero-order valence-electron chi connectivity index (χ0n) is 26.0. The van der Waals surface area contributed by atoms with Gasteiger partial charge in [-0.05, 0) is 77.0 Å². The fourth-order valence-corrected chi connectivity index (χ4v) is 4.40. The van der Waals surface area contributed by atoms with Gasteiger partial charge in [-0.25, -0.2) is 19.2 Å². The first kappa shape index (κ1) is 39.1. The van der Waals surface area contributed by atoms with Crippen LogP contribution in [0.2, 0.25) is 0 Å². The van der Waals surface area contributed by atoms with E-state index in [0.29, 0.717) is 51.7 Å². The third-order valence-electron chi connectivity index (χ3n) is 6.40. The van der Waals surface area contributed by atoms with Gasteiger partial charge in [-0.15, -0.1) is 0 Å². The van der Waals surface area contributed by atoms with Gasteiger partial charge in [-0.3, -0.25) is 9.59 Å². The minimum absolute atomic E-state index is 0.0284. The Labute approximate surface area is 271 Å². The number of carbonyl (C=O) groups excluding carboxylic acids is 3. The molecule has 1 aromatic rings. The molecule has 0 aromatic heterocycles. The number of benzene rings is 1. The number of carboxylic acids is 3. The molecule has 6 N–H and O–H groups in total. The maximum absolute atomic E-state index is 13.1. The summed E-state index contributed by atoms with van der Waals surface area (Å²) in [6.45, 7) is 6.50. The summed E-state index contributed by atoms with van der Waals surface area (Å²) in [7, 11) is 0. The predicted molar refractivity (Wildman–Crippen MR) is 167 cm³/mol. The van der Waals surface area contributed by atoms with E-state index in [-0.39, 0.29) is 18.7 Å². The van der Waals surface area contributed by atoms with Gasteiger partial charge in [-0.2, -0.15) is 0 Å². The Kier molecular flexibility index (Phi) is 17.6. The maximum atomic E-state index is 13.1. The van der Waals surface area contributed by atoms with Crippen LogP contribution < -0.4 is 16.0 Å². The van der Waals surface area contributed by atoms with Gasteiger partial charge >= 0.3 is 30.0 Å². The van der Waals surface area contributed by atoms with Crippen molar-refractivity contribution in [1.29, 1.82) is 0 Å². The highest BCUT2D eigenvalue weighted by atomic mass is 79.9. The number of hydrogen-bond acceptors (Lipinski definition) is 7. The fourth-order valence-electron chi connectivity index (χ4n) is 4.13. The van der Waals surface area contributed by atoms with Crippen molar-refractivity contribution in [3.8, 4) is 0 Å². The van der Waals surface area contributed by atoms with Crippen molar-refractivity contribution in [2.75, 3.05) is 13.1 Å². The summed E-state index contributed by atoms with van der Waals surface area (Å²) in [6, 6.07) is 3.71. The summed E-state index contributed by atoms with van der Waals surface area (Å²) in [5.41, 5.74) is 0.343. The highest BCUT2D eigenvalue weighted by Gasteiger charge is 2.25.